The summed E-state index contributed by atoms with van der Waals surface area (Å²) in [6, 6.07) is 8.91. The van der Waals surface area contributed by atoms with E-state index in [0.29, 0.717) is 11.8 Å². The Hall–Kier alpha value is -1.84. The van der Waals surface area contributed by atoms with Crippen LogP contribution in [0.2, 0.25) is 0 Å². The number of fused-ring (bicyclic) bond motifs is 1. The van der Waals surface area contributed by atoms with E-state index in [1.807, 2.05) is 30.3 Å². The number of carbonyl (C=O) groups excluding carboxylic acids is 1. The van der Waals surface area contributed by atoms with E-state index in [1.54, 1.807) is 6.92 Å². The Morgan fingerprint density at radius 2 is 1.81 bits per heavy atom. The molecule has 0 radical (unpaired) electrons. The lowest BCUT2D eigenvalue weighted by molar-refractivity contribution is -0.142. The summed E-state index contributed by atoms with van der Waals surface area (Å²) < 4.78 is 0. The maximum Gasteiger partial charge on any atom is 0.308 e. The summed E-state index contributed by atoms with van der Waals surface area (Å²) in [6.45, 7) is 1.65. The van der Waals surface area contributed by atoms with Crippen LogP contribution in [0.15, 0.2) is 30.3 Å². The van der Waals surface area contributed by atoms with Gasteiger partial charge in [0.05, 0.1) is 12.0 Å². The fourth-order valence-corrected chi connectivity index (χ4v) is 3.76. The number of carboxylic acid groups (broad SMARTS) is 1. The Morgan fingerprint density at radius 1 is 1.19 bits per heavy atom. The summed E-state index contributed by atoms with van der Waals surface area (Å²) in [5, 5.41) is 12.3. The van der Waals surface area contributed by atoms with Gasteiger partial charge >= 0.3 is 5.97 Å². The lowest BCUT2D eigenvalue weighted by Gasteiger charge is -2.23. The SMILES string of the molecule is CC(C(=O)O)C(NC(=O)C1C2CCCC21)c1ccccc1. The minimum absolute atomic E-state index is 0.0339. The third-order valence-corrected chi connectivity index (χ3v) is 5.06. The molecule has 2 N–H and O–H groups in total. The van der Waals surface area contributed by atoms with Gasteiger partial charge in [0.25, 0.3) is 0 Å². The van der Waals surface area contributed by atoms with Gasteiger partial charge in [0.2, 0.25) is 5.91 Å². The minimum Gasteiger partial charge on any atom is -0.481 e. The molecular weight excluding hydrogens is 266 g/mol. The number of carboxylic acids is 1. The topological polar surface area (TPSA) is 66.4 Å². The molecule has 1 aromatic rings. The Morgan fingerprint density at radius 3 is 2.38 bits per heavy atom. The minimum atomic E-state index is -0.889. The van der Waals surface area contributed by atoms with Gasteiger partial charge in [0.15, 0.2) is 0 Å². The lowest BCUT2D eigenvalue weighted by atomic mass is 9.94. The molecular formula is C17H21NO3. The van der Waals surface area contributed by atoms with E-state index in [4.69, 9.17) is 0 Å². The zero-order valence-corrected chi connectivity index (χ0v) is 12.2. The lowest BCUT2D eigenvalue weighted by Crippen LogP contribution is -2.37. The van der Waals surface area contributed by atoms with Crippen molar-refractivity contribution in [2.75, 3.05) is 0 Å². The van der Waals surface area contributed by atoms with Crippen LogP contribution in [0.3, 0.4) is 0 Å². The molecule has 2 saturated carbocycles. The summed E-state index contributed by atoms with van der Waals surface area (Å²) in [6.07, 6.45) is 3.52. The highest BCUT2D eigenvalue weighted by Crippen LogP contribution is 2.57. The van der Waals surface area contributed by atoms with E-state index in [2.05, 4.69) is 5.32 Å². The van der Waals surface area contributed by atoms with Crippen molar-refractivity contribution in [1.82, 2.24) is 5.32 Å². The Balaban J connectivity index is 1.73. The van der Waals surface area contributed by atoms with Gasteiger partial charge in [0.1, 0.15) is 0 Å². The van der Waals surface area contributed by atoms with Crippen molar-refractivity contribution in [1.29, 1.82) is 0 Å². The standard InChI is InChI=1S/C17H21NO3/c1-10(17(20)21)15(11-6-3-2-4-7-11)18-16(19)14-12-8-5-9-13(12)14/h2-4,6-7,10,12-15H,5,8-9H2,1H3,(H,18,19)(H,20,21). The van der Waals surface area contributed by atoms with Gasteiger partial charge in [-0.05, 0) is 37.2 Å². The highest BCUT2D eigenvalue weighted by atomic mass is 16.4. The van der Waals surface area contributed by atoms with Crippen LogP contribution in [0, 0.1) is 23.7 Å². The molecule has 112 valence electrons. The Labute approximate surface area is 124 Å². The molecule has 3 rings (SSSR count). The summed E-state index contributed by atoms with van der Waals surface area (Å²) >= 11 is 0. The van der Waals surface area contributed by atoms with E-state index in [9.17, 15) is 14.7 Å². The van der Waals surface area contributed by atoms with E-state index in [0.717, 1.165) is 18.4 Å². The van der Waals surface area contributed by atoms with Gasteiger partial charge in [-0.1, -0.05) is 36.8 Å². The zero-order valence-electron chi connectivity index (χ0n) is 12.2. The Bertz CT molecular complexity index is 532. The van der Waals surface area contributed by atoms with Crippen LogP contribution in [0.4, 0.5) is 0 Å². The van der Waals surface area contributed by atoms with Gasteiger partial charge in [-0.15, -0.1) is 0 Å². The average Bonchev–Trinajstić information content (AvgIpc) is 2.98. The molecule has 0 aromatic heterocycles. The smallest absolute Gasteiger partial charge is 0.308 e. The second-order valence-electron chi connectivity index (χ2n) is 6.31. The number of amides is 1. The van der Waals surface area contributed by atoms with Gasteiger partial charge < -0.3 is 10.4 Å². The summed E-state index contributed by atoms with van der Waals surface area (Å²) in [5.41, 5.74) is 0.853. The van der Waals surface area contributed by atoms with Crippen LogP contribution >= 0.6 is 0 Å². The zero-order chi connectivity index (χ0) is 15.0. The van der Waals surface area contributed by atoms with E-state index < -0.39 is 17.9 Å². The molecule has 2 aliphatic rings. The first kappa shape index (κ1) is 14.1. The fraction of sp³-hybridized carbons (Fsp3) is 0.529. The van der Waals surface area contributed by atoms with Crippen molar-refractivity contribution in [3.05, 3.63) is 35.9 Å². The summed E-state index contributed by atoms with van der Waals surface area (Å²) in [4.78, 5) is 23.8. The number of hydrogen-bond donors (Lipinski definition) is 2. The first-order valence-corrected chi connectivity index (χ1v) is 7.67. The molecule has 0 bridgehead atoms. The molecule has 4 unspecified atom stereocenters. The highest BCUT2D eigenvalue weighted by molar-refractivity contribution is 5.83. The predicted molar refractivity (Wildman–Crippen MR) is 78.4 cm³/mol. The molecule has 4 atom stereocenters. The molecule has 1 aromatic carbocycles. The van der Waals surface area contributed by atoms with E-state index in [-0.39, 0.29) is 11.8 Å². The van der Waals surface area contributed by atoms with Gasteiger partial charge in [-0.3, -0.25) is 9.59 Å². The van der Waals surface area contributed by atoms with Crippen molar-refractivity contribution >= 4 is 11.9 Å². The normalized spacial score (nSPS) is 29.3. The molecule has 0 aliphatic heterocycles. The molecule has 4 nitrogen and oxygen atoms in total. The van der Waals surface area contributed by atoms with E-state index >= 15 is 0 Å². The number of carbonyl (C=O) groups is 2. The van der Waals surface area contributed by atoms with Crippen LogP contribution in [0.5, 0.6) is 0 Å². The van der Waals surface area contributed by atoms with Gasteiger partial charge in [-0.2, -0.15) is 0 Å². The molecule has 4 heteroatoms. The summed E-state index contributed by atoms with van der Waals surface area (Å²) in [7, 11) is 0. The second kappa shape index (κ2) is 5.51. The van der Waals surface area contributed by atoms with Crippen LogP contribution < -0.4 is 5.32 Å². The second-order valence-corrected chi connectivity index (χ2v) is 6.31. The molecule has 1 amide bonds. The van der Waals surface area contributed by atoms with Crippen molar-refractivity contribution in [2.24, 2.45) is 23.7 Å². The first-order valence-electron chi connectivity index (χ1n) is 7.67. The van der Waals surface area contributed by atoms with Crippen molar-refractivity contribution in [3.63, 3.8) is 0 Å². The third kappa shape index (κ3) is 2.67. The van der Waals surface area contributed by atoms with Gasteiger partial charge in [-0.25, -0.2) is 0 Å². The largest absolute Gasteiger partial charge is 0.481 e. The van der Waals surface area contributed by atoms with E-state index in [1.165, 1.54) is 6.42 Å². The number of rotatable bonds is 5. The van der Waals surface area contributed by atoms with Crippen LogP contribution in [0.1, 0.15) is 37.8 Å². The maximum atomic E-state index is 12.4. The quantitative estimate of drug-likeness (QED) is 0.875. The fourth-order valence-electron chi connectivity index (χ4n) is 3.76. The van der Waals surface area contributed by atoms with Crippen molar-refractivity contribution < 1.29 is 14.7 Å². The van der Waals surface area contributed by atoms with Crippen molar-refractivity contribution in [3.8, 4) is 0 Å². The molecule has 2 fully saturated rings. The summed E-state index contributed by atoms with van der Waals surface area (Å²) in [5.74, 6) is -0.296. The number of aliphatic carboxylic acids is 1. The monoisotopic (exact) mass is 287 g/mol. The number of nitrogens with one attached hydrogen (secondary N) is 1. The molecule has 0 heterocycles. The van der Waals surface area contributed by atoms with Crippen LogP contribution in [0.25, 0.3) is 0 Å². The molecule has 2 aliphatic carbocycles. The highest BCUT2D eigenvalue weighted by Gasteiger charge is 2.56. The third-order valence-electron chi connectivity index (χ3n) is 5.06. The number of benzene rings is 1. The molecule has 0 saturated heterocycles. The molecule has 21 heavy (non-hydrogen) atoms. The van der Waals surface area contributed by atoms with Gasteiger partial charge in [0, 0.05) is 5.92 Å². The average molecular weight is 287 g/mol. The molecule has 0 spiro atoms. The number of hydrogen-bond acceptors (Lipinski definition) is 2. The Kier molecular flexibility index (Phi) is 3.70. The predicted octanol–water partition coefficient (Wildman–Crippen LogP) is 2.61. The van der Waals surface area contributed by atoms with Crippen LogP contribution in [-0.4, -0.2) is 17.0 Å². The maximum absolute atomic E-state index is 12.4. The first-order chi connectivity index (χ1) is 10.1. The van der Waals surface area contributed by atoms with Crippen LogP contribution in [-0.2, 0) is 9.59 Å². The van der Waals surface area contributed by atoms with Crippen molar-refractivity contribution in [2.45, 2.75) is 32.2 Å².